The van der Waals surface area contributed by atoms with E-state index in [4.69, 9.17) is 0 Å². The molecule has 0 N–H and O–H groups in total. The fourth-order valence-electron chi connectivity index (χ4n) is 2.07. The molecule has 3 heteroatoms. The lowest BCUT2D eigenvalue weighted by atomic mass is 10.2. The summed E-state index contributed by atoms with van der Waals surface area (Å²) in [5.41, 5.74) is 4.43. The highest BCUT2D eigenvalue weighted by Crippen LogP contribution is 2.13. The van der Waals surface area contributed by atoms with Crippen LogP contribution in [0.2, 0.25) is 0 Å². The Bertz CT molecular complexity index is 711. The summed E-state index contributed by atoms with van der Waals surface area (Å²) < 4.78 is 1.91. The maximum Gasteiger partial charge on any atom is 0.113 e. The lowest BCUT2D eigenvalue weighted by Crippen LogP contribution is -1.97. The van der Waals surface area contributed by atoms with E-state index in [2.05, 4.69) is 59.7 Å². The summed E-state index contributed by atoms with van der Waals surface area (Å²) in [5, 5.41) is 8.37. The largest absolute Gasteiger partial charge is 0.241 e. The Morgan fingerprint density at radius 2 is 1.95 bits per heavy atom. The zero-order valence-corrected chi connectivity index (χ0v) is 10.8. The van der Waals surface area contributed by atoms with Gasteiger partial charge < -0.3 is 0 Å². The van der Waals surface area contributed by atoms with Gasteiger partial charge in [-0.2, -0.15) is 0 Å². The summed E-state index contributed by atoms with van der Waals surface area (Å²) in [5.74, 6) is 0. The molecule has 3 aromatic rings. The molecule has 0 spiro atoms. The normalized spacial score (nSPS) is 11.4. The molecule has 2 aromatic carbocycles. The number of aryl methyl sites for hydroxylation is 1. The van der Waals surface area contributed by atoms with Crippen LogP contribution in [0, 0.1) is 6.92 Å². The van der Waals surface area contributed by atoms with Crippen LogP contribution < -0.4 is 0 Å². The SMILES string of the molecule is Cc1ccc2c(c1)nnn2C/C=C/c1ccccc1. The summed E-state index contributed by atoms with van der Waals surface area (Å²) >= 11 is 0. The van der Waals surface area contributed by atoms with Gasteiger partial charge in [0.1, 0.15) is 5.52 Å². The first-order valence-electron chi connectivity index (χ1n) is 6.34. The number of fused-ring (bicyclic) bond motifs is 1. The Morgan fingerprint density at radius 3 is 2.79 bits per heavy atom. The van der Waals surface area contributed by atoms with Crippen LogP contribution in [-0.4, -0.2) is 15.0 Å². The Balaban J connectivity index is 1.81. The van der Waals surface area contributed by atoms with E-state index in [0.29, 0.717) is 0 Å². The molecule has 0 aliphatic heterocycles. The average Bonchev–Trinajstić information content (AvgIpc) is 2.82. The molecule has 0 amide bonds. The molecular weight excluding hydrogens is 234 g/mol. The van der Waals surface area contributed by atoms with Crippen molar-refractivity contribution in [1.29, 1.82) is 0 Å². The first-order valence-corrected chi connectivity index (χ1v) is 6.34. The van der Waals surface area contributed by atoms with Crippen LogP contribution in [0.15, 0.2) is 54.6 Å². The molecule has 0 unspecified atom stereocenters. The van der Waals surface area contributed by atoms with Crippen LogP contribution in [0.25, 0.3) is 17.1 Å². The number of rotatable bonds is 3. The van der Waals surface area contributed by atoms with E-state index in [0.717, 1.165) is 17.6 Å². The van der Waals surface area contributed by atoms with Crippen molar-refractivity contribution < 1.29 is 0 Å². The van der Waals surface area contributed by atoms with E-state index in [-0.39, 0.29) is 0 Å². The quantitative estimate of drug-likeness (QED) is 0.711. The molecule has 19 heavy (non-hydrogen) atoms. The maximum absolute atomic E-state index is 4.18. The predicted molar refractivity (Wildman–Crippen MR) is 77.7 cm³/mol. The van der Waals surface area contributed by atoms with Gasteiger partial charge in [0.15, 0.2) is 0 Å². The predicted octanol–water partition coefficient (Wildman–Crippen LogP) is 3.45. The van der Waals surface area contributed by atoms with E-state index in [1.807, 2.05) is 22.9 Å². The second-order valence-electron chi connectivity index (χ2n) is 4.58. The Morgan fingerprint density at radius 1 is 1.11 bits per heavy atom. The Labute approximate surface area is 112 Å². The van der Waals surface area contributed by atoms with Gasteiger partial charge in [0.2, 0.25) is 0 Å². The molecule has 0 radical (unpaired) electrons. The van der Waals surface area contributed by atoms with Crippen molar-refractivity contribution in [2.24, 2.45) is 0 Å². The summed E-state index contributed by atoms with van der Waals surface area (Å²) in [6.45, 7) is 2.79. The highest BCUT2D eigenvalue weighted by Gasteiger charge is 2.02. The van der Waals surface area contributed by atoms with Crippen LogP contribution >= 0.6 is 0 Å². The molecule has 1 heterocycles. The van der Waals surface area contributed by atoms with E-state index < -0.39 is 0 Å². The molecule has 94 valence electrons. The third-order valence-electron chi connectivity index (χ3n) is 3.06. The Hall–Kier alpha value is -2.42. The molecule has 0 aliphatic carbocycles. The van der Waals surface area contributed by atoms with Crippen LogP contribution in [0.4, 0.5) is 0 Å². The van der Waals surface area contributed by atoms with E-state index in [9.17, 15) is 0 Å². The zero-order chi connectivity index (χ0) is 13.1. The van der Waals surface area contributed by atoms with Gasteiger partial charge in [0.05, 0.1) is 12.1 Å². The molecule has 1 aromatic heterocycles. The first-order chi connectivity index (χ1) is 9.33. The topological polar surface area (TPSA) is 30.7 Å². The minimum absolute atomic E-state index is 0.731. The van der Waals surface area contributed by atoms with Gasteiger partial charge in [-0.1, -0.05) is 53.8 Å². The smallest absolute Gasteiger partial charge is 0.113 e. The van der Waals surface area contributed by atoms with Gasteiger partial charge in [-0.15, -0.1) is 5.10 Å². The summed E-state index contributed by atoms with van der Waals surface area (Å²) in [6.07, 6.45) is 4.20. The minimum atomic E-state index is 0.731. The molecule has 0 saturated heterocycles. The summed E-state index contributed by atoms with van der Waals surface area (Å²) in [4.78, 5) is 0. The highest BCUT2D eigenvalue weighted by atomic mass is 15.4. The fraction of sp³-hybridized carbons (Fsp3) is 0.125. The van der Waals surface area contributed by atoms with Crippen molar-refractivity contribution in [3.8, 4) is 0 Å². The number of hydrogen-bond acceptors (Lipinski definition) is 2. The second kappa shape index (κ2) is 5.06. The lowest BCUT2D eigenvalue weighted by molar-refractivity contribution is 0.683. The molecule has 0 saturated carbocycles. The lowest BCUT2D eigenvalue weighted by Gasteiger charge is -1.98. The molecule has 3 rings (SSSR count). The molecule has 0 aliphatic rings. The van der Waals surface area contributed by atoms with Crippen LogP contribution in [0.3, 0.4) is 0 Å². The number of aromatic nitrogens is 3. The number of nitrogens with zero attached hydrogens (tertiary/aromatic N) is 3. The Kier molecular flexibility index (Phi) is 3.11. The fourth-order valence-corrected chi connectivity index (χ4v) is 2.07. The van der Waals surface area contributed by atoms with Gasteiger partial charge in [0.25, 0.3) is 0 Å². The van der Waals surface area contributed by atoms with Gasteiger partial charge >= 0.3 is 0 Å². The second-order valence-corrected chi connectivity index (χ2v) is 4.58. The van der Waals surface area contributed by atoms with Crippen molar-refractivity contribution in [1.82, 2.24) is 15.0 Å². The molecule has 3 nitrogen and oxygen atoms in total. The number of hydrogen-bond donors (Lipinski definition) is 0. The minimum Gasteiger partial charge on any atom is -0.241 e. The van der Waals surface area contributed by atoms with Crippen molar-refractivity contribution in [2.45, 2.75) is 13.5 Å². The average molecular weight is 249 g/mol. The van der Waals surface area contributed by atoms with Crippen LogP contribution in [0.1, 0.15) is 11.1 Å². The molecule has 0 atom stereocenters. The molecular formula is C16H15N3. The third-order valence-corrected chi connectivity index (χ3v) is 3.06. The van der Waals surface area contributed by atoms with Gasteiger partial charge in [0, 0.05) is 0 Å². The van der Waals surface area contributed by atoms with Crippen molar-refractivity contribution in [3.63, 3.8) is 0 Å². The first kappa shape index (κ1) is 11.7. The standard InChI is InChI=1S/C16H15N3/c1-13-9-10-16-15(12-13)17-18-19(16)11-5-8-14-6-3-2-4-7-14/h2-10,12H,11H2,1H3/b8-5+. The summed E-state index contributed by atoms with van der Waals surface area (Å²) in [7, 11) is 0. The highest BCUT2D eigenvalue weighted by molar-refractivity contribution is 5.75. The van der Waals surface area contributed by atoms with E-state index >= 15 is 0 Å². The zero-order valence-electron chi connectivity index (χ0n) is 10.8. The van der Waals surface area contributed by atoms with Crippen LogP contribution in [-0.2, 0) is 6.54 Å². The van der Waals surface area contributed by atoms with Crippen molar-refractivity contribution >= 4 is 17.1 Å². The monoisotopic (exact) mass is 249 g/mol. The van der Waals surface area contributed by atoms with Gasteiger partial charge in [-0.05, 0) is 30.2 Å². The maximum atomic E-state index is 4.18. The van der Waals surface area contributed by atoms with E-state index in [1.165, 1.54) is 11.1 Å². The van der Waals surface area contributed by atoms with Crippen LogP contribution in [0.5, 0.6) is 0 Å². The number of benzene rings is 2. The van der Waals surface area contributed by atoms with Gasteiger partial charge in [-0.3, -0.25) is 0 Å². The molecule has 0 fully saturated rings. The third kappa shape index (κ3) is 2.55. The molecule has 0 bridgehead atoms. The summed E-state index contributed by atoms with van der Waals surface area (Å²) in [6, 6.07) is 16.5. The van der Waals surface area contributed by atoms with Crippen molar-refractivity contribution in [3.05, 3.63) is 65.7 Å². The van der Waals surface area contributed by atoms with Crippen molar-refractivity contribution in [2.75, 3.05) is 0 Å². The number of allylic oxidation sites excluding steroid dienone is 1. The van der Waals surface area contributed by atoms with Gasteiger partial charge in [-0.25, -0.2) is 4.68 Å². The van der Waals surface area contributed by atoms with E-state index in [1.54, 1.807) is 0 Å².